The lowest BCUT2D eigenvalue weighted by Crippen LogP contribution is -2.32. The molecule has 1 unspecified atom stereocenters. The third kappa shape index (κ3) is 2.56. The molecule has 0 radical (unpaired) electrons. The standard InChI is InChI=1S/C13H15N3O/c1-9(4-6-14)16-13(17)11-2-3-12-10(8-11)5-7-15-12/h2-3,8-9,15H,4-5,7H2,1H3,(H,16,17). The predicted molar refractivity (Wildman–Crippen MR) is 65.8 cm³/mol. The summed E-state index contributed by atoms with van der Waals surface area (Å²) in [5, 5.41) is 14.6. The van der Waals surface area contributed by atoms with Crippen molar-refractivity contribution < 1.29 is 4.79 Å². The maximum Gasteiger partial charge on any atom is 0.251 e. The molecule has 4 heteroatoms. The fourth-order valence-electron chi connectivity index (χ4n) is 1.94. The summed E-state index contributed by atoms with van der Waals surface area (Å²) in [6.07, 6.45) is 1.29. The molecule has 2 rings (SSSR count). The van der Waals surface area contributed by atoms with E-state index in [4.69, 9.17) is 5.26 Å². The van der Waals surface area contributed by atoms with Crippen molar-refractivity contribution in [2.75, 3.05) is 11.9 Å². The number of rotatable bonds is 3. The van der Waals surface area contributed by atoms with Gasteiger partial charge in [-0.05, 0) is 37.1 Å². The van der Waals surface area contributed by atoms with E-state index >= 15 is 0 Å². The number of nitrogens with zero attached hydrogens (tertiary/aromatic N) is 1. The molecule has 1 heterocycles. The van der Waals surface area contributed by atoms with Crippen LogP contribution in [-0.4, -0.2) is 18.5 Å². The van der Waals surface area contributed by atoms with Gasteiger partial charge in [-0.2, -0.15) is 5.26 Å². The van der Waals surface area contributed by atoms with Gasteiger partial charge in [0.2, 0.25) is 0 Å². The number of nitrogens with one attached hydrogen (secondary N) is 2. The Morgan fingerprint density at radius 3 is 3.24 bits per heavy atom. The number of hydrogen-bond donors (Lipinski definition) is 2. The second-order valence-corrected chi connectivity index (χ2v) is 4.29. The van der Waals surface area contributed by atoms with Crippen LogP contribution in [0.4, 0.5) is 5.69 Å². The van der Waals surface area contributed by atoms with Gasteiger partial charge in [-0.3, -0.25) is 4.79 Å². The lowest BCUT2D eigenvalue weighted by atomic mass is 10.1. The molecule has 0 fully saturated rings. The number of benzene rings is 1. The summed E-state index contributed by atoms with van der Waals surface area (Å²) >= 11 is 0. The molecule has 0 bridgehead atoms. The predicted octanol–water partition coefficient (Wildman–Crippen LogP) is 1.69. The van der Waals surface area contributed by atoms with Crippen LogP contribution in [0, 0.1) is 11.3 Å². The SMILES string of the molecule is CC(CC#N)NC(=O)c1ccc2c(c1)CCN2. The van der Waals surface area contributed by atoms with Gasteiger partial charge in [0.05, 0.1) is 12.5 Å². The van der Waals surface area contributed by atoms with Gasteiger partial charge < -0.3 is 10.6 Å². The highest BCUT2D eigenvalue weighted by Crippen LogP contribution is 2.22. The van der Waals surface area contributed by atoms with Gasteiger partial charge in [-0.15, -0.1) is 0 Å². The van der Waals surface area contributed by atoms with Crippen molar-refractivity contribution in [1.29, 1.82) is 5.26 Å². The Labute approximate surface area is 101 Å². The van der Waals surface area contributed by atoms with Crippen molar-refractivity contribution >= 4 is 11.6 Å². The van der Waals surface area contributed by atoms with E-state index in [1.165, 1.54) is 5.56 Å². The monoisotopic (exact) mass is 229 g/mol. The molecular formula is C13H15N3O. The third-order valence-corrected chi connectivity index (χ3v) is 2.85. The highest BCUT2D eigenvalue weighted by atomic mass is 16.1. The summed E-state index contributed by atoms with van der Waals surface area (Å²) < 4.78 is 0. The zero-order valence-corrected chi connectivity index (χ0v) is 9.79. The van der Waals surface area contributed by atoms with Crippen LogP contribution < -0.4 is 10.6 Å². The normalized spacial score (nSPS) is 14.4. The summed E-state index contributed by atoms with van der Waals surface area (Å²) in [5.41, 5.74) is 2.97. The Kier molecular flexibility index (Phi) is 3.29. The molecule has 88 valence electrons. The number of fused-ring (bicyclic) bond motifs is 1. The van der Waals surface area contributed by atoms with Crippen LogP contribution in [0.5, 0.6) is 0 Å². The molecule has 1 aliphatic heterocycles. The van der Waals surface area contributed by atoms with Crippen molar-refractivity contribution in [3.63, 3.8) is 0 Å². The van der Waals surface area contributed by atoms with E-state index in [0.29, 0.717) is 12.0 Å². The summed E-state index contributed by atoms with van der Waals surface area (Å²) in [6, 6.07) is 7.60. The average Bonchev–Trinajstić information content (AvgIpc) is 2.75. The molecular weight excluding hydrogens is 214 g/mol. The second kappa shape index (κ2) is 4.88. The molecule has 1 amide bonds. The molecule has 0 aromatic heterocycles. The van der Waals surface area contributed by atoms with Crippen LogP contribution >= 0.6 is 0 Å². The Morgan fingerprint density at radius 1 is 1.65 bits per heavy atom. The average molecular weight is 229 g/mol. The molecule has 2 N–H and O–H groups in total. The van der Waals surface area contributed by atoms with Crippen molar-refractivity contribution in [3.8, 4) is 6.07 Å². The number of anilines is 1. The fourth-order valence-corrected chi connectivity index (χ4v) is 1.94. The van der Waals surface area contributed by atoms with Gasteiger partial charge in [0, 0.05) is 23.8 Å². The van der Waals surface area contributed by atoms with Gasteiger partial charge in [0.1, 0.15) is 0 Å². The first kappa shape index (κ1) is 11.5. The van der Waals surface area contributed by atoms with Crippen LogP contribution in [0.15, 0.2) is 18.2 Å². The number of amides is 1. The van der Waals surface area contributed by atoms with Crippen LogP contribution in [0.2, 0.25) is 0 Å². The first-order valence-electron chi connectivity index (χ1n) is 5.75. The maximum absolute atomic E-state index is 11.9. The smallest absolute Gasteiger partial charge is 0.251 e. The van der Waals surface area contributed by atoms with Gasteiger partial charge in [0.15, 0.2) is 0 Å². The lowest BCUT2D eigenvalue weighted by molar-refractivity contribution is 0.0941. The van der Waals surface area contributed by atoms with E-state index in [1.54, 1.807) is 0 Å². The summed E-state index contributed by atoms with van der Waals surface area (Å²) in [4.78, 5) is 11.9. The zero-order chi connectivity index (χ0) is 12.3. The molecule has 0 saturated heterocycles. The van der Waals surface area contributed by atoms with Crippen molar-refractivity contribution in [2.24, 2.45) is 0 Å². The summed E-state index contributed by atoms with van der Waals surface area (Å²) in [5.74, 6) is -0.109. The van der Waals surface area contributed by atoms with Crippen LogP contribution in [0.25, 0.3) is 0 Å². The van der Waals surface area contributed by atoms with Gasteiger partial charge >= 0.3 is 0 Å². The van der Waals surface area contributed by atoms with Crippen LogP contribution in [0.1, 0.15) is 29.3 Å². The van der Waals surface area contributed by atoms with Crippen LogP contribution in [-0.2, 0) is 6.42 Å². The van der Waals surface area contributed by atoms with Crippen molar-refractivity contribution in [1.82, 2.24) is 5.32 Å². The minimum Gasteiger partial charge on any atom is -0.384 e. The van der Waals surface area contributed by atoms with E-state index < -0.39 is 0 Å². The zero-order valence-electron chi connectivity index (χ0n) is 9.79. The Bertz CT molecular complexity index is 476. The number of nitriles is 1. The first-order chi connectivity index (χ1) is 8.20. The van der Waals surface area contributed by atoms with E-state index in [9.17, 15) is 4.79 Å². The Hall–Kier alpha value is -2.02. The number of carbonyl (C=O) groups excluding carboxylic acids is 1. The minimum absolute atomic E-state index is 0.109. The van der Waals surface area contributed by atoms with E-state index in [2.05, 4.69) is 10.6 Å². The topological polar surface area (TPSA) is 64.9 Å². The third-order valence-electron chi connectivity index (χ3n) is 2.85. The molecule has 4 nitrogen and oxygen atoms in total. The summed E-state index contributed by atoms with van der Waals surface area (Å²) in [7, 11) is 0. The summed E-state index contributed by atoms with van der Waals surface area (Å²) in [6.45, 7) is 2.77. The highest BCUT2D eigenvalue weighted by Gasteiger charge is 2.14. The van der Waals surface area contributed by atoms with E-state index in [0.717, 1.165) is 18.7 Å². The minimum atomic E-state index is -0.112. The largest absolute Gasteiger partial charge is 0.384 e. The van der Waals surface area contributed by atoms with Gasteiger partial charge in [-0.1, -0.05) is 0 Å². The van der Waals surface area contributed by atoms with Gasteiger partial charge in [-0.25, -0.2) is 0 Å². The molecule has 0 saturated carbocycles. The fraction of sp³-hybridized carbons (Fsp3) is 0.385. The maximum atomic E-state index is 11.9. The van der Waals surface area contributed by atoms with Crippen molar-refractivity contribution in [2.45, 2.75) is 25.8 Å². The molecule has 0 spiro atoms. The second-order valence-electron chi connectivity index (χ2n) is 4.29. The van der Waals surface area contributed by atoms with E-state index in [-0.39, 0.29) is 11.9 Å². The molecule has 1 aromatic rings. The van der Waals surface area contributed by atoms with E-state index in [1.807, 2.05) is 31.2 Å². The molecule has 1 aliphatic rings. The van der Waals surface area contributed by atoms with Crippen molar-refractivity contribution in [3.05, 3.63) is 29.3 Å². The molecule has 1 aromatic carbocycles. The first-order valence-corrected chi connectivity index (χ1v) is 5.75. The number of hydrogen-bond acceptors (Lipinski definition) is 3. The molecule has 17 heavy (non-hydrogen) atoms. The quantitative estimate of drug-likeness (QED) is 0.828. The molecule has 1 atom stereocenters. The van der Waals surface area contributed by atoms with Crippen LogP contribution in [0.3, 0.4) is 0 Å². The highest BCUT2D eigenvalue weighted by molar-refractivity contribution is 5.95. The molecule has 0 aliphatic carbocycles. The Morgan fingerprint density at radius 2 is 2.47 bits per heavy atom. The van der Waals surface area contributed by atoms with Gasteiger partial charge in [0.25, 0.3) is 5.91 Å². The number of carbonyl (C=O) groups is 1. The lowest BCUT2D eigenvalue weighted by Gasteiger charge is -2.11. The Balaban J connectivity index is 2.07.